The minimum Gasteiger partial charge on any atom is -0.207 e. The molecule has 0 aromatic heterocycles. The van der Waals surface area contributed by atoms with E-state index in [4.69, 9.17) is 5.26 Å². The average Bonchev–Trinajstić information content (AvgIpc) is 2.78. The minimum atomic E-state index is -0.305. The van der Waals surface area contributed by atoms with Crippen molar-refractivity contribution >= 4 is 11.8 Å². The van der Waals surface area contributed by atoms with Crippen molar-refractivity contribution in [1.82, 2.24) is 0 Å². The Morgan fingerprint density at radius 1 is 1.31 bits per heavy atom. The predicted octanol–water partition coefficient (Wildman–Crippen LogP) is 3.87. The number of thioether (sulfide) groups is 1. The summed E-state index contributed by atoms with van der Waals surface area (Å²) in [6.45, 7) is 0. The van der Waals surface area contributed by atoms with Gasteiger partial charge >= 0.3 is 0 Å². The van der Waals surface area contributed by atoms with E-state index in [1.165, 1.54) is 37.8 Å². The van der Waals surface area contributed by atoms with Crippen molar-refractivity contribution < 1.29 is 4.39 Å². The molecule has 84 valence electrons. The zero-order valence-corrected chi connectivity index (χ0v) is 9.89. The monoisotopic (exact) mass is 235 g/mol. The second-order valence-electron chi connectivity index (χ2n) is 4.18. The molecular weight excluding hydrogens is 221 g/mol. The van der Waals surface area contributed by atoms with Crippen molar-refractivity contribution in [2.45, 2.75) is 36.7 Å². The Morgan fingerprint density at radius 2 is 2.06 bits per heavy atom. The summed E-state index contributed by atoms with van der Waals surface area (Å²) < 4.78 is 13.2. The highest BCUT2D eigenvalue weighted by Crippen LogP contribution is 2.31. The van der Waals surface area contributed by atoms with Crippen LogP contribution in [-0.4, -0.2) is 5.25 Å². The fourth-order valence-electron chi connectivity index (χ4n) is 2.07. The topological polar surface area (TPSA) is 23.8 Å². The molecule has 16 heavy (non-hydrogen) atoms. The number of nitriles is 1. The third-order valence-electron chi connectivity index (χ3n) is 2.87. The molecule has 0 spiro atoms. The zero-order chi connectivity index (χ0) is 11.4. The summed E-state index contributed by atoms with van der Waals surface area (Å²) >= 11 is 1.89. The number of hydrogen-bond donors (Lipinski definition) is 0. The van der Waals surface area contributed by atoms with Gasteiger partial charge in [-0.1, -0.05) is 12.8 Å². The number of halogens is 1. The minimum absolute atomic E-state index is 0.305. The highest BCUT2D eigenvalue weighted by Gasteiger charge is 2.15. The van der Waals surface area contributed by atoms with Gasteiger partial charge in [0.25, 0.3) is 0 Å². The first-order chi connectivity index (χ1) is 7.78. The summed E-state index contributed by atoms with van der Waals surface area (Å²) in [5.74, 6) is 0.512. The lowest BCUT2D eigenvalue weighted by Crippen LogP contribution is -1.95. The van der Waals surface area contributed by atoms with Crippen LogP contribution in [0.15, 0.2) is 18.2 Å². The molecule has 0 N–H and O–H groups in total. The van der Waals surface area contributed by atoms with Crippen LogP contribution in [0, 0.1) is 17.1 Å². The number of benzene rings is 1. The Kier molecular flexibility index (Phi) is 3.84. The van der Waals surface area contributed by atoms with Crippen LogP contribution in [0.5, 0.6) is 0 Å². The maximum atomic E-state index is 13.2. The standard InChI is InChI=1S/C13H14FNS/c14-12-6-10(8-15)5-11(7-12)9-16-13-3-1-2-4-13/h5-7,13H,1-4,9H2. The van der Waals surface area contributed by atoms with Crippen LogP contribution in [-0.2, 0) is 5.75 Å². The van der Waals surface area contributed by atoms with Gasteiger partial charge < -0.3 is 0 Å². The Hall–Kier alpha value is -1.01. The molecule has 0 aliphatic heterocycles. The van der Waals surface area contributed by atoms with E-state index in [0.29, 0.717) is 5.56 Å². The number of rotatable bonds is 3. The Labute approximate surface area is 99.7 Å². The Morgan fingerprint density at radius 3 is 2.75 bits per heavy atom. The first kappa shape index (κ1) is 11.5. The number of hydrogen-bond acceptors (Lipinski definition) is 2. The molecule has 0 radical (unpaired) electrons. The molecule has 0 heterocycles. The van der Waals surface area contributed by atoms with E-state index in [-0.39, 0.29) is 5.82 Å². The summed E-state index contributed by atoms with van der Waals surface area (Å²) in [4.78, 5) is 0. The van der Waals surface area contributed by atoms with Gasteiger partial charge in [-0.2, -0.15) is 17.0 Å². The normalized spacial score (nSPS) is 16.2. The Balaban J connectivity index is 1.98. The lowest BCUT2D eigenvalue weighted by molar-refractivity contribution is 0.626. The van der Waals surface area contributed by atoms with Crippen LogP contribution in [0.4, 0.5) is 4.39 Å². The van der Waals surface area contributed by atoms with E-state index in [2.05, 4.69) is 0 Å². The lowest BCUT2D eigenvalue weighted by Gasteiger charge is -2.08. The molecule has 1 fully saturated rings. The van der Waals surface area contributed by atoms with Crippen molar-refractivity contribution in [1.29, 1.82) is 5.26 Å². The molecule has 0 amide bonds. The summed E-state index contributed by atoms with van der Waals surface area (Å²) in [6.07, 6.45) is 5.21. The van der Waals surface area contributed by atoms with Gasteiger partial charge in [0, 0.05) is 11.0 Å². The van der Waals surface area contributed by atoms with Gasteiger partial charge in [0.15, 0.2) is 0 Å². The summed E-state index contributed by atoms with van der Waals surface area (Å²) in [5, 5.41) is 9.47. The van der Waals surface area contributed by atoms with Crippen LogP contribution in [0.2, 0.25) is 0 Å². The Bertz CT molecular complexity index is 405. The third kappa shape index (κ3) is 2.99. The quantitative estimate of drug-likeness (QED) is 0.794. The molecule has 1 nitrogen and oxygen atoms in total. The lowest BCUT2D eigenvalue weighted by atomic mass is 10.1. The van der Waals surface area contributed by atoms with Crippen LogP contribution >= 0.6 is 11.8 Å². The first-order valence-electron chi connectivity index (χ1n) is 5.59. The van der Waals surface area contributed by atoms with Gasteiger partial charge in [-0.25, -0.2) is 4.39 Å². The summed E-state index contributed by atoms with van der Waals surface area (Å²) in [6, 6.07) is 6.58. The van der Waals surface area contributed by atoms with Crippen LogP contribution in [0.25, 0.3) is 0 Å². The molecular formula is C13H14FNS. The second-order valence-corrected chi connectivity index (χ2v) is 5.47. The highest BCUT2D eigenvalue weighted by atomic mass is 32.2. The maximum Gasteiger partial charge on any atom is 0.124 e. The van der Waals surface area contributed by atoms with E-state index in [0.717, 1.165) is 16.6 Å². The van der Waals surface area contributed by atoms with Gasteiger partial charge in [0.1, 0.15) is 5.82 Å². The van der Waals surface area contributed by atoms with Crippen molar-refractivity contribution in [3.8, 4) is 6.07 Å². The highest BCUT2D eigenvalue weighted by molar-refractivity contribution is 7.99. The molecule has 0 bridgehead atoms. The summed E-state index contributed by atoms with van der Waals surface area (Å²) in [7, 11) is 0. The van der Waals surface area contributed by atoms with Gasteiger partial charge in [-0.15, -0.1) is 0 Å². The van der Waals surface area contributed by atoms with Crippen molar-refractivity contribution in [3.63, 3.8) is 0 Å². The molecule has 2 rings (SSSR count). The largest absolute Gasteiger partial charge is 0.207 e. The van der Waals surface area contributed by atoms with Crippen molar-refractivity contribution in [2.24, 2.45) is 0 Å². The summed E-state index contributed by atoms with van der Waals surface area (Å²) in [5.41, 5.74) is 1.34. The van der Waals surface area contributed by atoms with E-state index >= 15 is 0 Å². The molecule has 0 atom stereocenters. The van der Waals surface area contributed by atoms with Gasteiger partial charge in [-0.3, -0.25) is 0 Å². The smallest absolute Gasteiger partial charge is 0.124 e. The molecule has 3 heteroatoms. The average molecular weight is 235 g/mol. The molecule has 1 aliphatic carbocycles. The third-order valence-corrected chi connectivity index (χ3v) is 4.32. The van der Waals surface area contributed by atoms with E-state index in [1.54, 1.807) is 6.07 Å². The molecule has 0 saturated heterocycles. The van der Waals surface area contributed by atoms with E-state index in [9.17, 15) is 4.39 Å². The van der Waals surface area contributed by atoms with Crippen LogP contribution in [0.1, 0.15) is 36.8 Å². The maximum absolute atomic E-state index is 13.2. The van der Waals surface area contributed by atoms with Gasteiger partial charge in [-0.05, 0) is 36.6 Å². The SMILES string of the molecule is N#Cc1cc(F)cc(CSC2CCCC2)c1. The van der Waals surface area contributed by atoms with Crippen molar-refractivity contribution in [2.75, 3.05) is 0 Å². The van der Waals surface area contributed by atoms with Crippen LogP contribution in [0.3, 0.4) is 0 Å². The van der Waals surface area contributed by atoms with Gasteiger partial charge in [0.05, 0.1) is 11.6 Å². The molecule has 1 aromatic carbocycles. The van der Waals surface area contributed by atoms with Crippen LogP contribution < -0.4 is 0 Å². The molecule has 1 saturated carbocycles. The number of nitrogens with zero attached hydrogens (tertiary/aromatic N) is 1. The predicted molar refractivity (Wildman–Crippen MR) is 64.7 cm³/mol. The van der Waals surface area contributed by atoms with Gasteiger partial charge in [0.2, 0.25) is 0 Å². The van der Waals surface area contributed by atoms with E-state index < -0.39 is 0 Å². The second kappa shape index (κ2) is 5.36. The fourth-order valence-corrected chi connectivity index (χ4v) is 3.33. The molecule has 0 unspecified atom stereocenters. The molecule has 1 aromatic rings. The zero-order valence-electron chi connectivity index (χ0n) is 9.08. The molecule has 1 aliphatic rings. The fraction of sp³-hybridized carbons (Fsp3) is 0.462. The van der Waals surface area contributed by atoms with E-state index in [1.807, 2.05) is 17.8 Å². The first-order valence-corrected chi connectivity index (χ1v) is 6.64. The van der Waals surface area contributed by atoms with Crippen molar-refractivity contribution in [3.05, 3.63) is 35.1 Å².